The van der Waals surface area contributed by atoms with Gasteiger partial charge in [-0.2, -0.15) is 0 Å². The summed E-state index contributed by atoms with van der Waals surface area (Å²) in [6.45, 7) is 4.26. The molecule has 4 aromatic heterocycles. The predicted molar refractivity (Wildman–Crippen MR) is 146 cm³/mol. The average Bonchev–Trinajstić information content (AvgIpc) is 3.66. The van der Waals surface area contributed by atoms with Crippen molar-refractivity contribution < 1.29 is 9.47 Å². The fourth-order valence-corrected chi connectivity index (χ4v) is 6.01. The second kappa shape index (κ2) is 9.51. The second-order valence-corrected chi connectivity index (χ2v) is 10.7. The van der Waals surface area contributed by atoms with Crippen molar-refractivity contribution in [3.63, 3.8) is 0 Å². The van der Waals surface area contributed by atoms with Crippen LogP contribution < -0.4 is 4.74 Å². The highest BCUT2D eigenvalue weighted by molar-refractivity contribution is 6.09. The monoisotopic (exact) mass is 508 g/mol. The van der Waals surface area contributed by atoms with Gasteiger partial charge in [-0.05, 0) is 62.1 Å². The first kappa shape index (κ1) is 23.3. The Kier molecular flexibility index (Phi) is 5.84. The van der Waals surface area contributed by atoms with Crippen molar-refractivity contribution in [2.24, 2.45) is 18.9 Å². The molecule has 8 nitrogen and oxygen atoms in total. The molecule has 0 N–H and O–H groups in total. The molecule has 1 aliphatic heterocycles. The molecular weight excluding hydrogens is 476 g/mol. The molecule has 0 spiro atoms. The van der Waals surface area contributed by atoms with Gasteiger partial charge in [0.1, 0.15) is 5.52 Å². The molecule has 1 saturated heterocycles. The van der Waals surface area contributed by atoms with E-state index in [1.54, 1.807) is 0 Å². The molecule has 1 atom stereocenters. The molecule has 1 saturated carbocycles. The number of aryl methyl sites for hydroxylation is 2. The van der Waals surface area contributed by atoms with Crippen molar-refractivity contribution in [3.8, 4) is 17.1 Å². The van der Waals surface area contributed by atoms with Crippen LogP contribution in [0.4, 0.5) is 0 Å². The van der Waals surface area contributed by atoms with Gasteiger partial charge in [0.2, 0.25) is 5.88 Å². The molecule has 0 bridgehead atoms. The third-order valence-corrected chi connectivity index (χ3v) is 8.07. The number of aromatic nitrogens is 6. The minimum atomic E-state index is 0.126. The molecule has 1 aromatic carbocycles. The summed E-state index contributed by atoms with van der Waals surface area (Å²) < 4.78 is 16.4. The van der Waals surface area contributed by atoms with Crippen LogP contribution in [0.5, 0.6) is 5.88 Å². The smallest absolute Gasteiger partial charge is 0.225 e. The zero-order valence-electron chi connectivity index (χ0n) is 21.9. The zero-order chi connectivity index (χ0) is 25.6. The molecule has 2 aliphatic rings. The Labute approximate surface area is 221 Å². The van der Waals surface area contributed by atoms with Crippen LogP contribution in [0.2, 0.25) is 0 Å². The fraction of sp³-hybridized carbons (Fsp3) is 0.400. The van der Waals surface area contributed by atoms with Gasteiger partial charge in [0.25, 0.3) is 0 Å². The maximum absolute atomic E-state index is 6.33. The van der Waals surface area contributed by atoms with Gasteiger partial charge in [-0.25, -0.2) is 9.67 Å². The first-order valence-electron chi connectivity index (χ1n) is 13.6. The summed E-state index contributed by atoms with van der Waals surface area (Å²) in [5.74, 6) is 1.74. The van der Waals surface area contributed by atoms with Gasteiger partial charge in [0.05, 0.1) is 40.5 Å². The molecule has 1 aliphatic carbocycles. The lowest BCUT2D eigenvalue weighted by molar-refractivity contribution is 0.0553. The Hall–Kier alpha value is -3.78. The van der Waals surface area contributed by atoms with E-state index >= 15 is 0 Å². The molecule has 0 unspecified atom stereocenters. The molecular formula is C30H32N6O2. The largest absolute Gasteiger partial charge is 0.477 e. The van der Waals surface area contributed by atoms with Gasteiger partial charge in [-0.3, -0.25) is 4.98 Å². The molecule has 0 amide bonds. The Morgan fingerprint density at radius 2 is 1.84 bits per heavy atom. The average molecular weight is 509 g/mol. The number of ether oxygens (including phenoxy) is 2. The molecule has 2 fully saturated rings. The quantitative estimate of drug-likeness (QED) is 0.289. The van der Waals surface area contributed by atoms with Crippen molar-refractivity contribution in [2.75, 3.05) is 19.8 Å². The maximum atomic E-state index is 6.33. The van der Waals surface area contributed by atoms with Crippen molar-refractivity contribution in [2.45, 2.75) is 38.6 Å². The third-order valence-electron chi connectivity index (χ3n) is 8.07. The zero-order valence-corrected chi connectivity index (χ0v) is 21.9. The van der Waals surface area contributed by atoms with E-state index in [1.165, 1.54) is 18.4 Å². The molecule has 5 heterocycles. The topological polar surface area (TPSA) is 79.9 Å². The fourth-order valence-electron chi connectivity index (χ4n) is 6.01. The highest BCUT2D eigenvalue weighted by atomic mass is 16.5. The summed E-state index contributed by atoms with van der Waals surface area (Å²) in [6.07, 6.45) is 8.29. The van der Waals surface area contributed by atoms with E-state index in [0.717, 1.165) is 64.9 Å². The van der Waals surface area contributed by atoms with Gasteiger partial charge in [0, 0.05) is 38.2 Å². The number of pyridine rings is 2. The first-order chi connectivity index (χ1) is 18.7. The number of hydrogen-bond donors (Lipinski definition) is 0. The highest BCUT2D eigenvalue weighted by Gasteiger charge is 2.31. The minimum Gasteiger partial charge on any atom is -0.477 e. The predicted octanol–water partition coefficient (Wildman–Crippen LogP) is 5.49. The maximum Gasteiger partial charge on any atom is 0.225 e. The molecule has 5 aromatic rings. The number of nitrogens with zero attached hydrogens (tertiary/aromatic N) is 6. The summed E-state index contributed by atoms with van der Waals surface area (Å²) in [4.78, 5) is 9.75. The van der Waals surface area contributed by atoms with Crippen molar-refractivity contribution in [1.82, 2.24) is 29.5 Å². The summed E-state index contributed by atoms with van der Waals surface area (Å²) in [5, 5.41) is 9.52. The van der Waals surface area contributed by atoms with Crippen LogP contribution in [-0.4, -0.2) is 49.3 Å². The van der Waals surface area contributed by atoms with Crippen LogP contribution in [0.3, 0.4) is 0 Å². The lowest BCUT2D eigenvalue weighted by atomic mass is 9.86. The van der Waals surface area contributed by atoms with E-state index in [4.69, 9.17) is 19.4 Å². The van der Waals surface area contributed by atoms with Gasteiger partial charge in [-0.15, -0.1) is 5.10 Å². The van der Waals surface area contributed by atoms with Crippen LogP contribution >= 0.6 is 0 Å². The highest BCUT2D eigenvalue weighted by Crippen LogP contribution is 2.43. The minimum absolute atomic E-state index is 0.126. The van der Waals surface area contributed by atoms with Crippen molar-refractivity contribution in [1.29, 1.82) is 0 Å². The first-order valence-corrected chi connectivity index (χ1v) is 13.6. The van der Waals surface area contributed by atoms with Crippen LogP contribution in [-0.2, 0) is 11.8 Å². The summed E-state index contributed by atoms with van der Waals surface area (Å²) in [5.41, 5.74) is 7.24. The standard InChI is InChI=1S/C30H32N6O2/c1-19-28(35(2)34-33-19)23-16-25-27(32-17-23)26-24(10-13-31-30(26)38-18-20-8-9-20)36(25)29(21-6-4-3-5-7-21)22-11-14-37-15-12-22/h3-7,10,13,16-17,20,22,29H,8-9,11-12,14-15,18H2,1-2H3/t29-/m1/s1. The Balaban J connectivity index is 1.50. The van der Waals surface area contributed by atoms with E-state index in [2.05, 4.69) is 57.3 Å². The molecule has 0 radical (unpaired) electrons. The molecule has 8 heteroatoms. The van der Waals surface area contributed by atoms with E-state index in [0.29, 0.717) is 24.3 Å². The Morgan fingerprint density at radius 1 is 1.03 bits per heavy atom. The van der Waals surface area contributed by atoms with Crippen LogP contribution in [0.1, 0.15) is 43.0 Å². The lowest BCUT2D eigenvalue weighted by Crippen LogP contribution is -2.26. The number of hydrogen-bond acceptors (Lipinski definition) is 6. The van der Waals surface area contributed by atoms with E-state index < -0.39 is 0 Å². The summed E-state index contributed by atoms with van der Waals surface area (Å²) in [6, 6.07) is 15.3. The lowest BCUT2D eigenvalue weighted by Gasteiger charge is -2.33. The summed E-state index contributed by atoms with van der Waals surface area (Å²) in [7, 11) is 1.93. The SMILES string of the molecule is Cc1nnn(C)c1-c1cnc2c3c(OCC4CC4)nccc3n([C@H](c3ccccc3)C3CCOCC3)c2c1. The van der Waals surface area contributed by atoms with Crippen LogP contribution in [0.15, 0.2) is 54.9 Å². The van der Waals surface area contributed by atoms with E-state index in [9.17, 15) is 0 Å². The molecule has 38 heavy (non-hydrogen) atoms. The van der Waals surface area contributed by atoms with E-state index in [1.807, 2.05) is 31.0 Å². The third kappa shape index (κ3) is 4.04. The van der Waals surface area contributed by atoms with Gasteiger partial charge in [-0.1, -0.05) is 35.5 Å². The van der Waals surface area contributed by atoms with Gasteiger partial charge < -0.3 is 14.0 Å². The molecule has 194 valence electrons. The Morgan fingerprint density at radius 3 is 2.58 bits per heavy atom. The van der Waals surface area contributed by atoms with Gasteiger partial charge >= 0.3 is 0 Å². The van der Waals surface area contributed by atoms with Gasteiger partial charge in [0.15, 0.2) is 0 Å². The van der Waals surface area contributed by atoms with E-state index in [-0.39, 0.29) is 6.04 Å². The van der Waals surface area contributed by atoms with Crippen LogP contribution in [0.25, 0.3) is 33.2 Å². The Bertz CT molecular complexity index is 1580. The van der Waals surface area contributed by atoms with Crippen molar-refractivity contribution >= 4 is 21.9 Å². The van der Waals surface area contributed by atoms with Crippen LogP contribution in [0, 0.1) is 18.8 Å². The normalized spacial score (nSPS) is 17.3. The molecule has 7 rings (SSSR count). The van der Waals surface area contributed by atoms with Crippen molar-refractivity contribution in [3.05, 3.63) is 66.1 Å². The summed E-state index contributed by atoms with van der Waals surface area (Å²) >= 11 is 0. The number of benzene rings is 1. The number of rotatable bonds is 7. The second-order valence-electron chi connectivity index (χ2n) is 10.7. The number of fused-ring (bicyclic) bond motifs is 3.